The minimum absolute atomic E-state index is 0.0584. The fraction of sp³-hybridized carbons (Fsp3) is 0.368. The summed E-state index contributed by atoms with van der Waals surface area (Å²) in [5.74, 6) is -1.45. The van der Waals surface area contributed by atoms with E-state index in [0.717, 1.165) is 19.6 Å². The number of fused-ring (bicyclic) bond motifs is 3. The van der Waals surface area contributed by atoms with Gasteiger partial charge in [-0.1, -0.05) is 6.92 Å². The molecule has 5 heterocycles. The number of carboxylic acids is 1. The molecule has 1 N–H and O–H groups in total. The topological polar surface area (TPSA) is 74.5 Å². The molecule has 146 valence electrons. The third-order valence-electron chi connectivity index (χ3n) is 5.67. The van der Waals surface area contributed by atoms with Crippen molar-refractivity contribution in [3.05, 3.63) is 38.7 Å². The molecule has 3 aliphatic rings. The Morgan fingerprint density at radius 2 is 2.07 bits per heavy atom. The first-order chi connectivity index (χ1) is 13.5. The molecule has 3 aromatic rings. The maximum absolute atomic E-state index is 15.4. The van der Waals surface area contributed by atoms with Gasteiger partial charge in [-0.3, -0.25) is 4.79 Å². The molecule has 6 rings (SSSR count). The number of piperazine rings is 1. The van der Waals surface area contributed by atoms with Gasteiger partial charge in [-0.2, -0.15) is 0 Å². The Morgan fingerprint density at radius 1 is 1.32 bits per heavy atom. The molecule has 9 heteroatoms. The van der Waals surface area contributed by atoms with Crippen molar-refractivity contribution in [3.63, 3.8) is 0 Å². The molecule has 0 amide bonds. The third kappa shape index (κ3) is 2.23. The van der Waals surface area contributed by atoms with Crippen molar-refractivity contribution in [1.29, 1.82) is 0 Å². The van der Waals surface area contributed by atoms with Crippen LogP contribution in [0, 0.1) is 5.82 Å². The zero-order valence-corrected chi connectivity index (χ0v) is 16.0. The lowest BCUT2D eigenvalue weighted by atomic mass is 9.99. The molecule has 0 unspecified atom stereocenters. The Kier molecular flexibility index (Phi) is 3.85. The van der Waals surface area contributed by atoms with Crippen LogP contribution in [-0.4, -0.2) is 53.1 Å². The highest BCUT2D eigenvalue weighted by atomic mass is 32.1. The first-order valence-electron chi connectivity index (χ1n) is 9.16. The largest absolute Gasteiger partial charge is 0.484 e. The van der Waals surface area contributed by atoms with E-state index in [1.54, 1.807) is 16.0 Å². The minimum atomic E-state index is -1.30. The lowest BCUT2D eigenvalue weighted by Crippen LogP contribution is -2.47. The number of thiazole rings is 1. The molecule has 2 aromatic heterocycles. The molecule has 0 radical (unpaired) electrons. The number of hydrogen-bond donors (Lipinski definition) is 1. The first kappa shape index (κ1) is 17.4. The third-order valence-corrected chi connectivity index (χ3v) is 6.55. The van der Waals surface area contributed by atoms with Crippen molar-refractivity contribution < 1.29 is 19.0 Å². The van der Waals surface area contributed by atoms with Crippen LogP contribution in [0.15, 0.2) is 16.4 Å². The number of likely N-dealkylation sites (N-methyl/N-ethyl adjacent to an activating group) is 1. The van der Waals surface area contributed by atoms with Gasteiger partial charge in [0.2, 0.25) is 5.43 Å². The number of halogens is 1. The Morgan fingerprint density at radius 3 is 2.75 bits per heavy atom. The Bertz CT molecular complexity index is 1190. The van der Waals surface area contributed by atoms with Crippen LogP contribution in [0.1, 0.15) is 22.8 Å². The van der Waals surface area contributed by atoms with E-state index in [9.17, 15) is 14.7 Å². The molecule has 1 fully saturated rings. The molecule has 7 nitrogen and oxygen atoms in total. The van der Waals surface area contributed by atoms with E-state index >= 15 is 4.39 Å². The van der Waals surface area contributed by atoms with Crippen LogP contribution < -0.4 is 15.1 Å². The van der Waals surface area contributed by atoms with Crippen LogP contribution in [0.4, 0.5) is 10.1 Å². The van der Waals surface area contributed by atoms with Crippen molar-refractivity contribution in [2.45, 2.75) is 13.5 Å². The second-order valence-corrected chi connectivity index (χ2v) is 7.89. The highest BCUT2D eigenvalue weighted by molar-refractivity contribution is 7.16. The number of aromatic carboxylic acids is 1. The molecule has 0 spiro atoms. The van der Waals surface area contributed by atoms with Crippen molar-refractivity contribution in [2.75, 3.05) is 37.6 Å². The highest BCUT2D eigenvalue weighted by Crippen LogP contribution is 2.46. The molecule has 1 aromatic carbocycles. The number of hydrogen-bond acceptors (Lipinski definition) is 6. The average molecular weight is 403 g/mol. The van der Waals surface area contributed by atoms with E-state index in [2.05, 4.69) is 11.8 Å². The van der Waals surface area contributed by atoms with Crippen molar-refractivity contribution >= 4 is 38.7 Å². The minimum Gasteiger partial charge on any atom is -0.484 e. The summed E-state index contributed by atoms with van der Waals surface area (Å²) in [7, 11) is 0. The van der Waals surface area contributed by atoms with Gasteiger partial charge in [-0.15, -0.1) is 11.3 Å². The molecule has 2 bridgehead atoms. The average Bonchev–Trinajstić information content (AvgIpc) is 3.17. The number of ether oxygens (including phenoxy) is 1. The summed E-state index contributed by atoms with van der Waals surface area (Å²) >= 11 is 1.17. The molecule has 0 saturated carbocycles. The fourth-order valence-electron chi connectivity index (χ4n) is 4.23. The molecule has 0 aliphatic carbocycles. The monoisotopic (exact) mass is 403 g/mol. The molecule has 1 saturated heterocycles. The van der Waals surface area contributed by atoms with Gasteiger partial charge in [0.05, 0.1) is 5.39 Å². The summed E-state index contributed by atoms with van der Waals surface area (Å²) in [5.41, 5.74) is 0.0193. The maximum Gasteiger partial charge on any atom is 0.342 e. The highest BCUT2D eigenvalue weighted by Gasteiger charge is 2.35. The first-order valence-corrected chi connectivity index (χ1v) is 10.0. The lowest BCUT2D eigenvalue weighted by Gasteiger charge is -2.38. The van der Waals surface area contributed by atoms with Gasteiger partial charge in [0.1, 0.15) is 28.2 Å². The molecular formula is C19H18FN3O4S. The number of benzene rings is 1. The standard InChI is InChI=1S/C19H18FN3O4S/c1-2-21-3-5-22(6-4-21)15-13(20)10-9-27-17(15)14-11(10)16(24)12(19(25)26)18-23(14)7-8-28-18/h7-8H,2-6,9H2,1H3,(H,25,26). The van der Waals surface area contributed by atoms with E-state index < -0.39 is 17.2 Å². The number of aromatic nitrogens is 1. The second kappa shape index (κ2) is 6.18. The summed E-state index contributed by atoms with van der Waals surface area (Å²) in [4.78, 5) is 29.3. The normalized spacial score (nSPS) is 16.9. The summed E-state index contributed by atoms with van der Waals surface area (Å²) in [6, 6.07) is 0. The van der Waals surface area contributed by atoms with Crippen molar-refractivity contribution in [3.8, 4) is 5.75 Å². The number of rotatable bonds is 3. The fourth-order valence-corrected chi connectivity index (χ4v) is 5.10. The smallest absolute Gasteiger partial charge is 0.342 e. The van der Waals surface area contributed by atoms with Crippen molar-refractivity contribution in [2.24, 2.45) is 0 Å². The van der Waals surface area contributed by atoms with Crippen molar-refractivity contribution in [1.82, 2.24) is 9.30 Å². The number of carbonyl (C=O) groups is 1. The maximum atomic E-state index is 15.4. The predicted molar refractivity (Wildman–Crippen MR) is 105 cm³/mol. The van der Waals surface area contributed by atoms with Gasteiger partial charge in [0.15, 0.2) is 11.6 Å². The lowest BCUT2D eigenvalue weighted by molar-refractivity contribution is 0.0697. The number of nitrogens with zero attached hydrogens (tertiary/aromatic N) is 3. The molecule has 28 heavy (non-hydrogen) atoms. The predicted octanol–water partition coefficient (Wildman–Crippen LogP) is 2.39. The molecular weight excluding hydrogens is 385 g/mol. The number of anilines is 1. The molecule has 3 aliphatic heterocycles. The van der Waals surface area contributed by atoms with E-state index in [4.69, 9.17) is 4.74 Å². The van der Waals surface area contributed by atoms with Crippen LogP contribution in [-0.2, 0) is 6.61 Å². The quantitative estimate of drug-likeness (QED) is 0.724. The summed E-state index contributed by atoms with van der Waals surface area (Å²) in [5, 5.41) is 11.4. The summed E-state index contributed by atoms with van der Waals surface area (Å²) < 4.78 is 22.9. The Labute approximate surface area is 163 Å². The molecule has 0 atom stereocenters. The van der Waals surface area contributed by atoms with Crippen LogP contribution in [0.3, 0.4) is 0 Å². The van der Waals surface area contributed by atoms with Crippen LogP contribution in [0.5, 0.6) is 5.75 Å². The zero-order chi connectivity index (χ0) is 19.6. The van der Waals surface area contributed by atoms with Gasteiger partial charge in [-0.05, 0) is 6.54 Å². The van der Waals surface area contributed by atoms with Crippen LogP contribution in [0.25, 0.3) is 15.7 Å². The van der Waals surface area contributed by atoms with E-state index in [1.165, 1.54) is 11.3 Å². The Hall–Kier alpha value is -2.65. The van der Waals surface area contributed by atoms with Crippen LogP contribution in [0.2, 0.25) is 0 Å². The van der Waals surface area contributed by atoms with Gasteiger partial charge < -0.3 is 24.0 Å². The van der Waals surface area contributed by atoms with Gasteiger partial charge in [0, 0.05) is 43.3 Å². The van der Waals surface area contributed by atoms with E-state index in [1.807, 2.05) is 4.90 Å². The van der Waals surface area contributed by atoms with E-state index in [-0.39, 0.29) is 23.1 Å². The second-order valence-electron chi connectivity index (χ2n) is 6.99. The number of carboxylic acid groups (broad SMARTS) is 1. The van der Waals surface area contributed by atoms with E-state index in [0.29, 0.717) is 34.9 Å². The number of pyridine rings is 1. The summed E-state index contributed by atoms with van der Waals surface area (Å²) in [6.07, 6.45) is 1.70. The van der Waals surface area contributed by atoms with Gasteiger partial charge >= 0.3 is 5.97 Å². The summed E-state index contributed by atoms with van der Waals surface area (Å²) in [6.45, 7) is 5.98. The Balaban J connectivity index is 1.82. The van der Waals surface area contributed by atoms with Gasteiger partial charge in [0.25, 0.3) is 0 Å². The zero-order valence-electron chi connectivity index (χ0n) is 15.2. The SMILES string of the molecule is CCN1CCN(c2c(F)c3c4c(=O)c(C(=O)O)c5sccn5c4c2OC3)CC1. The van der Waals surface area contributed by atoms with Gasteiger partial charge in [-0.25, -0.2) is 9.18 Å². The van der Waals surface area contributed by atoms with Crippen LogP contribution >= 0.6 is 11.3 Å².